The number of hydrogen-bond donors (Lipinski definition) is 2. The van der Waals surface area contributed by atoms with Gasteiger partial charge in [-0.15, -0.1) is 5.10 Å². The fourth-order valence-electron chi connectivity index (χ4n) is 5.83. The third-order valence-electron chi connectivity index (χ3n) is 8.26. The number of hydrogen-bond acceptors (Lipinski definition) is 7. The lowest BCUT2D eigenvalue weighted by Gasteiger charge is -2.40. The molecule has 230 valence electrons. The summed E-state index contributed by atoms with van der Waals surface area (Å²) in [5.74, 6) is -0.393. The largest absolute Gasteiger partial charge is 0.373 e. The zero-order valence-corrected chi connectivity index (χ0v) is 26.7. The van der Waals surface area contributed by atoms with Gasteiger partial charge in [-0.2, -0.15) is 5.26 Å². The molecule has 0 radical (unpaired) electrons. The molecule has 0 saturated carbocycles. The van der Waals surface area contributed by atoms with E-state index in [9.17, 15) is 9.65 Å². The molecule has 3 aromatic carbocycles. The van der Waals surface area contributed by atoms with Crippen molar-refractivity contribution in [2.75, 3.05) is 23.7 Å². The average molecular weight is 644 g/mol. The number of halogens is 3. The summed E-state index contributed by atoms with van der Waals surface area (Å²) in [6.07, 6.45) is 5.46. The van der Waals surface area contributed by atoms with E-state index in [1.54, 1.807) is 18.2 Å². The normalized spacial score (nSPS) is 15.1. The van der Waals surface area contributed by atoms with Crippen LogP contribution < -0.4 is 10.6 Å². The van der Waals surface area contributed by atoms with Gasteiger partial charge in [0, 0.05) is 46.6 Å². The van der Waals surface area contributed by atoms with Crippen LogP contribution in [0.2, 0.25) is 10.0 Å². The molecule has 1 saturated heterocycles. The summed E-state index contributed by atoms with van der Waals surface area (Å²) >= 11 is 13.0. The highest BCUT2D eigenvalue weighted by molar-refractivity contribution is 6.36. The van der Waals surface area contributed by atoms with E-state index in [1.807, 2.05) is 41.2 Å². The van der Waals surface area contributed by atoms with Crippen molar-refractivity contribution >= 4 is 51.2 Å². The molecule has 1 aliphatic heterocycles. The number of pyridine rings is 1. The first kappa shape index (κ1) is 30.8. The molecule has 6 rings (SSSR count). The Morgan fingerprint density at radius 2 is 1.78 bits per heavy atom. The summed E-state index contributed by atoms with van der Waals surface area (Å²) in [4.78, 5) is 6.96. The lowest BCUT2D eigenvalue weighted by molar-refractivity contribution is 0.0866. The molecule has 0 spiro atoms. The number of benzene rings is 3. The van der Waals surface area contributed by atoms with Gasteiger partial charge in [-0.3, -0.25) is 9.88 Å². The van der Waals surface area contributed by atoms with Crippen molar-refractivity contribution in [1.82, 2.24) is 24.9 Å². The number of nitriles is 1. The second kappa shape index (κ2) is 12.6. The summed E-state index contributed by atoms with van der Waals surface area (Å²) in [5.41, 5.74) is 4.29. The van der Waals surface area contributed by atoms with Crippen LogP contribution in [0.4, 0.5) is 21.5 Å². The molecule has 0 aliphatic carbocycles. The molecule has 1 fully saturated rings. The third-order valence-corrected chi connectivity index (χ3v) is 8.80. The predicted octanol–water partition coefficient (Wildman–Crippen LogP) is 8.52. The lowest BCUT2D eigenvalue weighted by Crippen LogP contribution is -2.46. The molecule has 11 heteroatoms. The average Bonchev–Trinajstić information content (AvgIpc) is 3.51. The van der Waals surface area contributed by atoms with E-state index in [4.69, 9.17) is 23.2 Å². The Bertz CT molecular complexity index is 1870. The molecule has 2 aromatic heterocycles. The van der Waals surface area contributed by atoms with Crippen LogP contribution in [0.25, 0.3) is 10.9 Å². The lowest BCUT2D eigenvalue weighted by atomic mass is 9.98. The van der Waals surface area contributed by atoms with Crippen molar-refractivity contribution in [3.63, 3.8) is 0 Å². The van der Waals surface area contributed by atoms with Crippen LogP contribution in [-0.4, -0.2) is 43.5 Å². The van der Waals surface area contributed by atoms with Gasteiger partial charge < -0.3 is 10.6 Å². The van der Waals surface area contributed by atoms with Crippen molar-refractivity contribution in [2.45, 2.75) is 51.2 Å². The Morgan fingerprint density at radius 3 is 2.47 bits per heavy atom. The summed E-state index contributed by atoms with van der Waals surface area (Å²) < 4.78 is 16.0. The van der Waals surface area contributed by atoms with Crippen LogP contribution in [0.15, 0.2) is 73.1 Å². The van der Waals surface area contributed by atoms with Crippen molar-refractivity contribution < 1.29 is 4.39 Å². The standard InChI is InChI=1S/C34H33Cl2FN8/c1-34(2,3)44-13-11-27(12-14-44)45-20-30(42-43-45)32(21-7-9-23(35)10-8-21)41-26-16-28-31(40-25-6-4-5-24(37)15-25)22(18-38)19-39-33(28)29(36)17-26/h4-10,15-17,19-20,27,32,41H,11-14H2,1-3H3,(H,39,40)/t32-/m0/s1. The highest BCUT2D eigenvalue weighted by Crippen LogP contribution is 2.37. The molecular weight excluding hydrogens is 610 g/mol. The maximum absolute atomic E-state index is 14.0. The van der Waals surface area contributed by atoms with E-state index in [-0.39, 0.29) is 17.6 Å². The second-order valence-electron chi connectivity index (χ2n) is 12.3. The number of fused-ring (bicyclic) bond motifs is 1. The first-order valence-corrected chi connectivity index (χ1v) is 15.6. The zero-order valence-electron chi connectivity index (χ0n) is 25.2. The molecule has 0 amide bonds. The Morgan fingerprint density at radius 1 is 1.02 bits per heavy atom. The first-order chi connectivity index (χ1) is 21.6. The zero-order chi connectivity index (χ0) is 31.7. The smallest absolute Gasteiger partial charge is 0.125 e. The highest BCUT2D eigenvalue weighted by atomic mass is 35.5. The predicted molar refractivity (Wildman–Crippen MR) is 178 cm³/mol. The number of aromatic nitrogens is 4. The van der Waals surface area contributed by atoms with Crippen molar-refractivity contribution in [2.24, 2.45) is 0 Å². The van der Waals surface area contributed by atoms with Crippen molar-refractivity contribution in [3.05, 3.63) is 106 Å². The van der Waals surface area contributed by atoms with Crippen molar-refractivity contribution in [3.8, 4) is 6.07 Å². The Labute approximate surface area is 271 Å². The number of likely N-dealkylation sites (tertiary alicyclic amines) is 1. The number of anilines is 3. The Hall–Kier alpha value is -4.23. The number of nitrogens with zero attached hydrogens (tertiary/aromatic N) is 6. The van der Waals surface area contributed by atoms with E-state index in [0.717, 1.165) is 37.2 Å². The maximum atomic E-state index is 14.0. The topological polar surface area (TPSA) is 94.7 Å². The minimum absolute atomic E-state index is 0.138. The van der Waals surface area contributed by atoms with Gasteiger partial charge >= 0.3 is 0 Å². The minimum Gasteiger partial charge on any atom is -0.373 e. The van der Waals surface area contributed by atoms with E-state index >= 15 is 0 Å². The molecule has 1 atom stereocenters. The Kier molecular flexibility index (Phi) is 8.65. The van der Waals surface area contributed by atoms with Crippen molar-refractivity contribution in [1.29, 1.82) is 5.26 Å². The van der Waals surface area contributed by atoms with Crippen LogP contribution in [0.3, 0.4) is 0 Å². The van der Waals surface area contributed by atoms with E-state index in [0.29, 0.717) is 43.6 Å². The van der Waals surface area contributed by atoms with Gasteiger partial charge in [0.15, 0.2) is 0 Å². The maximum Gasteiger partial charge on any atom is 0.125 e. The molecule has 5 aromatic rings. The Balaban J connectivity index is 1.36. The van der Waals surface area contributed by atoms with Gasteiger partial charge in [-0.05, 0) is 81.6 Å². The van der Waals surface area contributed by atoms with Crippen LogP contribution in [0.1, 0.15) is 62.5 Å². The molecule has 1 aliphatic rings. The van der Waals surface area contributed by atoms with Crippen LogP contribution in [0.5, 0.6) is 0 Å². The van der Waals surface area contributed by atoms with Crippen LogP contribution in [-0.2, 0) is 0 Å². The summed E-state index contributed by atoms with van der Waals surface area (Å²) in [6.45, 7) is 8.76. The van der Waals surface area contributed by atoms with Gasteiger partial charge in [0.1, 0.15) is 17.6 Å². The van der Waals surface area contributed by atoms with Gasteiger partial charge in [-0.25, -0.2) is 9.07 Å². The third kappa shape index (κ3) is 6.74. The molecule has 0 bridgehead atoms. The highest BCUT2D eigenvalue weighted by Gasteiger charge is 2.29. The van der Waals surface area contributed by atoms with Gasteiger partial charge in [0.2, 0.25) is 0 Å². The summed E-state index contributed by atoms with van der Waals surface area (Å²) in [6, 6.07) is 19.4. The van der Waals surface area contributed by atoms with Gasteiger partial charge in [0.05, 0.1) is 40.1 Å². The number of nitrogens with one attached hydrogen (secondary N) is 2. The van der Waals surface area contributed by atoms with E-state index < -0.39 is 5.82 Å². The van der Waals surface area contributed by atoms with E-state index in [1.165, 1.54) is 18.3 Å². The molecule has 0 unspecified atom stereocenters. The molecular formula is C34H33Cl2FN8. The SMILES string of the molecule is CC(C)(C)N1CCC(n2cc([C@@H](Nc3cc(Cl)c4ncc(C#N)c(Nc5cccc(F)c5)c4c3)c3ccc(Cl)cc3)nn2)CC1. The van der Waals surface area contributed by atoms with Crippen LogP contribution >= 0.6 is 23.2 Å². The number of piperidine rings is 1. The molecule has 8 nitrogen and oxygen atoms in total. The van der Waals surface area contributed by atoms with Crippen LogP contribution in [0, 0.1) is 17.1 Å². The van der Waals surface area contributed by atoms with Gasteiger partial charge in [-0.1, -0.05) is 46.6 Å². The molecule has 2 N–H and O–H groups in total. The molecule has 3 heterocycles. The fourth-order valence-corrected chi connectivity index (χ4v) is 6.22. The quantitative estimate of drug-likeness (QED) is 0.184. The fraction of sp³-hybridized carbons (Fsp3) is 0.294. The minimum atomic E-state index is -0.393. The number of rotatable bonds is 7. The first-order valence-electron chi connectivity index (χ1n) is 14.8. The monoisotopic (exact) mass is 642 g/mol. The molecule has 45 heavy (non-hydrogen) atoms. The van der Waals surface area contributed by atoms with Gasteiger partial charge in [0.25, 0.3) is 0 Å². The second-order valence-corrected chi connectivity index (χ2v) is 13.1. The summed E-state index contributed by atoms with van der Waals surface area (Å²) in [7, 11) is 0. The van der Waals surface area contributed by atoms with E-state index in [2.05, 4.69) is 57.7 Å². The summed E-state index contributed by atoms with van der Waals surface area (Å²) in [5, 5.41) is 27.5.